The molecule has 0 spiro atoms. The summed E-state index contributed by atoms with van der Waals surface area (Å²) in [6, 6.07) is 0. The van der Waals surface area contributed by atoms with Gasteiger partial charge in [0, 0.05) is 24.8 Å². The molecule has 1 atom stereocenters. The number of aromatic nitrogens is 1. The first kappa shape index (κ1) is 20.8. The molecule has 144 valence electrons. The van der Waals surface area contributed by atoms with Crippen LogP contribution in [0.2, 0.25) is 0 Å². The van der Waals surface area contributed by atoms with Gasteiger partial charge < -0.3 is 14.7 Å². The van der Waals surface area contributed by atoms with Crippen LogP contribution >= 0.6 is 15.9 Å². The van der Waals surface area contributed by atoms with E-state index in [1.54, 1.807) is 27.0 Å². The first-order valence-corrected chi connectivity index (χ1v) is 9.53. The van der Waals surface area contributed by atoms with E-state index in [0.717, 1.165) is 25.9 Å². The van der Waals surface area contributed by atoms with Gasteiger partial charge in [-0.1, -0.05) is 13.8 Å². The van der Waals surface area contributed by atoms with E-state index in [2.05, 4.69) is 39.7 Å². The molecule has 2 heterocycles. The number of anilines is 1. The average Bonchev–Trinajstić information content (AvgIpc) is 2.52. The van der Waals surface area contributed by atoms with Crippen molar-refractivity contribution >= 4 is 33.9 Å². The van der Waals surface area contributed by atoms with Crippen molar-refractivity contribution in [1.82, 2.24) is 4.98 Å². The maximum atomic E-state index is 12.0. The third-order valence-corrected chi connectivity index (χ3v) is 5.16. The summed E-state index contributed by atoms with van der Waals surface area (Å²) in [5.74, 6) is -1.14. The molecular formula is C19H27BrN2O4. The highest BCUT2D eigenvalue weighted by Crippen LogP contribution is 2.41. The number of ether oxygens (including phenoxy) is 1. The fourth-order valence-corrected chi connectivity index (χ4v) is 3.67. The molecule has 0 aliphatic carbocycles. The summed E-state index contributed by atoms with van der Waals surface area (Å²) >= 11 is 3.50. The van der Waals surface area contributed by atoms with Crippen LogP contribution in [-0.2, 0) is 9.53 Å². The number of aliphatic carboxylic acids is 1. The fourth-order valence-electron chi connectivity index (χ4n) is 3.10. The molecule has 2 rings (SSSR count). The minimum Gasteiger partial charge on any atom is -0.479 e. The molecule has 0 radical (unpaired) electrons. The van der Waals surface area contributed by atoms with Crippen LogP contribution in [0.3, 0.4) is 0 Å². The number of nitrogens with zero attached hydrogens (tertiary/aromatic N) is 2. The fraction of sp³-hybridized carbons (Fsp3) is 0.632. The minimum atomic E-state index is -1.27. The Morgan fingerprint density at radius 2 is 1.96 bits per heavy atom. The molecule has 1 N–H and O–H groups in total. The molecule has 0 aromatic carbocycles. The van der Waals surface area contributed by atoms with Gasteiger partial charge >= 0.3 is 5.97 Å². The molecule has 1 fully saturated rings. The Morgan fingerprint density at radius 1 is 1.38 bits per heavy atom. The number of carbonyl (C=O) groups excluding carboxylic acids is 1. The Hall–Kier alpha value is -1.47. The highest BCUT2D eigenvalue weighted by Gasteiger charge is 2.35. The summed E-state index contributed by atoms with van der Waals surface area (Å²) in [6.07, 6.45) is 2.84. The monoisotopic (exact) mass is 426 g/mol. The van der Waals surface area contributed by atoms with E-state index in [9.17, 15) is 14.7 Å². The van der Waals surface area contributed by atoms with Crippen LogP contribution in [0.1, 0.15) is 69.6 Å². The van der Waals surface area contributed by atoms with Gasteiger partial charge in [0.2, 0.25) is 0 Å². The minimum absolute atomic E-state index is 0.102. The molecule has 26 heavy (non-hydrogen) atoms. The van der Waals surface area contributed by atoms with Gasteiger partial charge in [0.05, 0.1) is 15.8 Å². The predicted octanol–water partition coefficient (Wildman–Crippen LogP) is 4.22. The van der Waals surface area contributed by atoms with Crippen molar-refractivity contribution in [3.05, 3.63) is 21.9 Å². The lowest BCUT2D eigenvalue weighted by Crippen LogP contribution is -2.39. The van der Waals surface area contributed by atoms with Crippen LogP contribution in [0.15, 0.2) is 10.7 Å². The Labute approximate surface area is 163 Å². The number of hydrogen-bond donors (Lipinski definition) is 1. The third kappa shape index (κ3) is 4.82. The second-order valence-electron chi connectivity index (χ2n) is 8.47. The second-order valence-corrected chi connectivity index (χ2v) is 9.33. The lowest BCUT2D eigenvalue weighted by Gasteiger charge is -2.40. The summed E-state index contributed by atoms with van der Waals surface area (Å²) in [6.45, 7) is 11.4. The molecule has 1 aliphatic heterocycles. The lowest BCUT2D eigenvalue weighted by molar-refractivity contribution is -0.160. The van der Waals surface area contributed by atoms with Crippen LogP contribution < -0.4 is 4.90 Å². The van der Waals surface area contributed by atoms with Crippen molar-refractivity contribution in [2.75, 3.05) is 18.0 Å². The zero-order valence-electron chi connectivity index (χ0n) is 16.0. The summed E-state index contributed by atoms with van der Waals surface area (Å²) in [7, 11) is 0. The normalized spacial score (nSPS) is 18.5. The van der Waals surface area contributed by atoms with Crippen LogP contribution in [0.5, 0.6) is 0 Å². The molecule has 0 bridgehead atoms. The van der Waals surface area contributed by atoms with E-state index >= 15 is 0 Å². The van der Waals surface area contributed by atoms with Crippen molar-refractivity contribution < 1.29 is 19.4 Å². The van der Waals surface area contributed by atoms with Crippen molar-refractivity contribution in [1.29, 1.82) is 0 Å². The van der Waals surface area contributed by atoms with E-state index in [0.29, 0.717) is 22.0 Å². The Kier molecular flexibility index (Phi) is 6.13. The van der Waals surface area contributed by atoms with E-state index in [-0.39, 0.29) is 11.1 Å². The third-order valence-electron chi connectivity index (χ3n) is 4.58. The van der Waals surface area contributed by atoms with Gasteiger partial charge in [-0.2, -0.15) is 0 Å². The zero-order chi connectivity index (χ0) is 19.7. The van der Waals surface area contributed by atoms with Gasteiger partial charge in [0.1, 0.15) is 5.69 Å². The lowest BCUT2D eigenvalue weighted by atomic mass is 9.82. The summed E-state index contributed by atoms with van der Waals surface area (Å²) < 4.78 is 6.48. The molecule has 0 saturated carbocycles. The van der Waals surface area contributed by atoms with Crippen molar-refractivity contribution in [2.45, 2.75) is 59.2 Å². The molecule has 1 aromatic heterocycles. The van der Waals surface area contributed by atoms with Gasteiger partial charge in [-0.3, -0.25) is 9.78 Å². The van der Waals surface area contributed by atoms with Crippen LogP contribution in [0.25, 0.3) is 0 Å². The summed E-state index contributed by atoms with van der Waals surface area (Å²) in [4.78, 5) is 29.9. The van der Waals surface area contributed by atoms with Crippen LogP contribution in [0.4, 0.5) is 5.69 Å². The zero-order valence-corrected chi connectivity index (χ0v) is 17.6. The van der Waals surface area contributed by atoms with E-state index in [1.165, 1.54) is 0 Å². The van der Waals surface area contributed by atoms with E-state index in [1.807, 2.05) is 0 Å². The molecule has 6 nitrogen and oxygen atoms in total. The number of pyridine rings is 1. The number of piperidine rings is 1. The maximum Gasteiger partial charge on any atom is 0.337 e. The van der Waals surface area contributed by atoms with Crippen molar-refractivity contribution in [2.24, 2.45) is 5.41 Å². The number of rotatable bonds is 5. The van der Waals surface area contributed by atoms with Crippen LogP contribution in [0, 0.1) is 5.41 Å². The van der Waals surface area contributed by atoms with Crippen molar-refractivity contribution in [3.63, 3.8) is 0 Å². The smallest absolute Gasteiger partial charge is 0.337 e. The van der Waals surface area contributed by atoms with E-state index < -0.39 is 17.7 Å². The SMILES string of the molecule is CC1(C)CCN(c2c(Br)cnc(C=O)c2C(OC(C)(C)C)C(=O)O)CC1. The number of carboxylic acid groups (broad SMARTS) is 1. The van der Waals surface area contributed by atoms with Gasteiger partial charge in [-0.15, -0.1) is 0 Å². The standard InChI is InChI=1S/C19H27BrN2O4/c1-18(2,3)26-16(17(24)25)14-13(11-23)21-10-12(20)15(14)22-8-6-19(4,5)7-9-22/h10-11,16H,6-9H2,1-5H3,(H,24,25). The largest absolute Gasteiger partial charge is 0.479 e. The van der Waals surface area contributed by atoms with Gasteiger partial charge in [0.25, 0.3) is 0 Å². The molecular weight excluding hydrogens is 400 g/mol. The number of aldehydes is 1. The highest BCUT2D eigenvalue weighted by atomic mass is 79.9. The summed E-state index contributed by atoms with van der Waals surface area (Å²) in [5.41, 5.74) is 0.667. The van der Waals surface area contributed by atoms with Gasteiger partial charge in [-0.05, 0) is 55.0 Å². The molecule has 0 amide bonds. The quantitative estimate of drug-likeness (QED) is 0.709. The maximum absolute atomic E-state index is 12.0. The first-order valence-electron chi connectivity index (χ1n) is 8.74. The highest BCUT2D eigenvalue weighted by molar-refractivity contribution is 9.10. The van der Waals surface area contributed by atoms with Crippen molar-refractivity contribution in [3.8, 4) is 0 Å². The molecule has 1 unspecified atom stereocenters. The van der Waals surface area contributed by atoms with Crippen LogP contribution in [-0.4, -0.2) is 41.0 Å². The Balaban J connectivity index is 2.57. The number of carbonyl (C=O) groups is 2. The molecule has 1 saturated heterocycles. The topological polar surface area (TPSA) is 79.7 Å². The predicted molar refractivity (Wildman–Crippen MR) is 104 cm³/mol. The number of halogens is 1. The second kappa shape index (κ2) is 7.64. The average molecular weight is 427 g/mol. The summed E-state index contributed by atoms with van der Waals surface area (Å²) in [5, 5.41) is 9.80. The number of hydrogen-bond acceptors (Lipinski definition) is 5. The number of carboxylic acids is 1. The molecule has 1 aromatic rings. The molecule has 1 aliphatic rings. The van der Waals surface area contributed by atoms with Gasteiger partial charge in [-0.25, -0.2) is 4.79 Å². The Morgan fingerprint density at radius 3 is 2.42 bits per heavy atom. The van der Waals surface area contributed by atoms with Gasteiger partial charge in [0.15, 0.2) is 12.4 Å². The Bertz CT molecular complexity index is 688. The molecule has 7 heteroatoms. The first-order chi connectivity index (χ1) is 11.9. The van der Waals surface area contributed by atoms with E-state index in [4.69, 9.17) is 4.74 Å².